The van der Waals surface area contributed by atoms with Crippen molar-refractivity contribution in [3.63, 3.8) is 0 Å². The average molecular weight is 264 g/mol. The molecule has 19 heavy (non-hydrogen) atoms. The number of aliphatic hydroxyl groups excluding tert-OH is 1. The molecule has 4 nitrogen and oxygen atoms in total. The highest BCUT2D eigenvalue weighted by Gasteiger charge is 2.23. The molecule has 1 aliphatic heterocycles. The van der Waals surface area contributed by atoms with Gasteiger partial charge in [0.2, 0.25) is 6.29 Å². The molecule has 0 aliphatic carbocycles. The molecule has 100 valence electrons. The fourth-order valence-corrected chi connectivity index (χ4v) is 1.97. The van der Waals surface area contributed by atoms with Crippen molar-refractivity contribution in [3.05, 3.63) is 59.3 Å². The molecular weight excluding hydrogens is 251 g/mol. The van der Waals surface area contributed by atoms with Crippen LogP contribution < -0.4 is 0 Å². The predicted molar refractivity (Wildman–Crippen MR) is 63.8 cm³/mol. The van der Waals surface area contributed by atoms with Crippen LogP contribution in [-0.4, -0.2) is 18.3 Å². The molecule has 3 rings (SSSR count). The van der Waals surface area contributed by atoms with Crippen LogP contribution in [0.1, 0.15) is 29.5 Å². The Balaban J connectivity index is 1.79. The molecule has 5 heteroatoms. The Hall–Kier alpha value is -1.69. The number of halogens is 1. The van der Waals surface area contributed by atoms with E-state index >= 15 is 0 Å². The summed E-state index contributed by atoms with van der Waals surface area (Å²) < 4.78 is 29.0. The minimum Gasteiger partial charge on any atom is -0.458 e. The van der Waals surface area contributed by atoms with Crippen molar-refractivity contribution in [1.82, 2.24) is 0 Å². The van der Waals surface area contributed by atoms with Crippen LogP contribution in [0.2, 0.25) is 0 Å². The van der Waals surface area contributed by atoms with Gasteiger partial charge in [0, 0.05) is 0 Å². The molecule has 1 aliphatic rings. The van der Waals surface area contributed by atoms with Gasteiger partial charge in [-0.05, 0) is 29.8 Å². The second-order valence-corrected chi connectivity index (χ2v) is 4.27. The Bertz CT molecular complexity index is 543. The summed E-state index contributed by atoms with van der Waals surface area (Å²) in [6.07, 6.45) is -1.44. The number of benzene rings is 1. The highest BCUT2D eigenvalue weighted by atomic mass is 19.1. The summed E-state index contributed by atoms with van der Waals surface area (Å²) >= 11 is 0. The van der Waals surface area contributed by atoms with Gasteiger partial charge in [0.25, 0.3) is 0 Å². The number of furan rings is 1. The van der Waals surface area contributed by atoms with Crippen molar-refractivity contribution in [3.8, 4) is 0 Å². The highest BCUT2D eigenvalue weighted by Crippen LogP contribution is 2.29. The predicted octanol–water partition coefficient (Wildman–Crippen LogP) is 2.55. The van der Waals surface area contributed by atoms with E-state index in [1.165, 1.54) is 24.3 Å². The molecule has 2 aromatic rings. The number of hydrogen-bond donors (Lipinski definition) is 1. The lowest BCUT2D eigenvalue weighted by atomic mass is 10.1. The molecule has 0 radical (unpaired) electrons. The Morgan fingerprint density at radius 2 is 1.74 bits per heavy atom. The van der Waals surface area contributed by atoms with Gasteiger partial charge in [-0.25, -0.2) is 4.39 Å². The first kappa shape index (κ1) is 12.3. The van der Waals surface area contributed by atoms with Crippen LogP contribution >= 0.6 is 0 Å². The molecule has 1 aromatic heterocycles. The third-order valence-corrected chi connectivity index (χ3v) is 2.96. The topological polar surface area (TPSA) is 51.8 Å². The second-order valence-electron chi connectivity index (χ2n) is 4.27. The second kappa shape index (κ2) is 5.13. The van der Waals surface area contributed by atoms with Gasteiger partial charge in [0.15, 0.2) is 5.76 Å². The summed E-state index contributed by atoms with van der Waals surface area (Å²) in [6, 6.07) is 9.00. The lowest BCUT2D eigenvalue weighted by Crippen LogP contribution is -1.99. The van der Waals surface area contributed by atoms with Crippen molar-refractivity contribution in [2.45, 2.75) is 12.4 Å². The fraction of sp³-hybridized carbons (Fsp3) is 0.286. The molecule has 1 aromatic carbocycles. The third kappa shape index (κ3) is 2.53. The van der Waals surface area contributed by atoms with Crippen molar-refractivity contribution in [2.75, 3.05) is 13.2 Å². The summed E-state index contributed by atoms with van der Waals surface area (Å²) in [5, 5.41) is 10.1. The number of rotatable bonds is 3. The van der Waals surface area contributed by atoms with Crippen LogP contribution in [0, 0.1) is 5.82 Å². The van der Waals surface area contributed by atoms with Gasteiger partial charge in [-0.15, -0.1) is 0 Å². The molecule has 1 atom stereocenters. The smallest absolute Gasteiger partial charge is 0.217 e. The minimum atomic E-state index is -0.934. The normalized spacial score (nSPS) is 17.8. The van der Waals surface area contributed by atoms with Crippen LogP contribution in [0.25, 0.3) is 0 Å². The number of hydrogen-bond acceptors (Lipinski definition) is 4. The SMILES string of the molecule is O[C@H](c1ccc(F)cc1)c1ccc(C2OCCO2)o1. The summed E-state index contributed by atoms with van der Waals surface area (Å²) in [6.45, 7) is 1.06. The van der Waals surface area contributed by atoms with E-state index in [-0.39, 0.29) is 5.82 Å². The van der Waals surface area contributed by atoms with E-state index < -0.39 is 12.4 Å². The molecule has 0 saturated carbocycles. The van der Waals surface area contributed by atoms with Gasteiger partial charge in [-0.3, -0.25) is 0 Å². The van der Waals surface area contributed by atoms with Gasteiger partial charge in [0.05, 0.1) is 13.2 Å². The quantitative estimate of drug-likeness (QED) is 0.925. The van der Waals surface area contributed by atoms with Crippen molar-refractivity contribution < 1.29 is 23.4 Å². The van der Waals surface area contributed by atoms with Gasteiger partial charge in [0.1, 0.15) is 17.7 Å². The number of ether oxygens (including phenoxy) is 2. The summed E-state index contributed by atoms with van der Waals surface area (Å²) in [5.74, 6) is 0.554. The summed E-state index contributed by atoms with van der Waals surface area (Å²) in [5.41, 5.74) is 0.565. The Labute approximate surface area is 109 Å². The molecule has 0 bridgehead atoms. The van der Waals surface area contributed by atoms with Crippen molar-refractivity contribution in [2.24, 2.45) is 0 Å². The molecule has 2 heterocycles. The first-order chi connectivity index (χ1) is 9.24. The Kier molecular flexibility index (Phi) is 3.33. The van der Waals surface area contributed by atoms with E-state index in [4.69, 9.17) is 13.9 Å². The molecular formula is C14H13FO4. The zero-order chi connectivity index (χ0) is 13.2. The average Bonchev–Trinajstić information content (AvgIpc) is 3.10. The first-order valence-corrected chi connectivity index (χ1v) is 6.00. The molecule has 0 unspecified atom stereocenters. The van der Waals surface area contributed by atoms with Crippen LogP contribution in [0.5, 0.6) is 0 Å². The largest absolute Gasteiger partial charge is 0.458 e. The van der Waals surface area contributed by atoms with Crippen LogP contribution in [0.15, 0.2) is 40.8 Å². The van der Waals surface area contributed by atoms with Gasteiger partial charge >= 0.3 is 0 Å². The molecule has 1 N–H and O–H groups in total. The Morgan fingerprint density at radius 1 is 1.05 bits per heavy atom. The molecule has 1 fully saturated rings. The number of aliphatic hydroxyl groups is 1. The molecule has 0 spiro atoms. The van der Waals surface area contributed by atoms with E-state index in [1.54, 1.807) is 12.1 Å². The molecule has 0 amide bonds. The Morgan fingerprint density at radius 3 is 2.42 bits per heavy atom. The maximum atomic E-state index is 12.8. The van der Waals surface area contributed by atoms with Crippen molar-refractivity contribution >= 4 is 0 Å². The fourth-order valence-electron chi connectivity index (χ4n) is 1.97. The zero-order valence-corrected chi connectivity index (χ0v) is 10.1. The summed E-state index contributed by atoms with van der Waals surface area (Å²) in [7, 11) is 0. The van der Waals surface area contributed by atoms with E-state index in [2.05, 4.69) is 0 Å². The maximum absolute atomic E-state index is 12.8. The standard InChI is InChI=1S/C14H13FO4/c15-10-3-1-9(2-4-10)13(16)11-5-6-12(19-11)14-17-7-8-18-14/h1-6,13-14,16H,7-8H2/t13-/m1/s1. The van der Waals surface area contributed by atoms with Crippen molar-refractivity contribution in [1.29, 1.82) is 0 Å². The van der Waals surface area contributed by atoms with E-state index in [9.17, 15) is 9.50 Å². The molecule has 1 saturated heterocycles. The van der Waals surface area contributed by atoms with E-state index in [1.807, 2.05) is 0 Å². The van der Waals surface area contributed by atoms with Crippen LogP contribution in [-0.2, 0) is 9.47 Å². The van der Waals surface area contributed by atoms with Gasteiger partial charge in [-0.1, -0.05) is 12.1 Å². The lowest BCUT2D eigenvalue weighted by Gasteiger charge is -2.09. The summed E-state index contributed by atoms with van der Waals surface area (Å²) in [4.78, 5) is 0. The van der Waals surface area contributed by atoms with Crippen LogP contribution in [0.3, 0.4) is 0 Å². The monoisotopic (exact) mass is 264 g/mol. The van der Waals surface area contributed by atoms with Crippen LogP contribution in [0.4, 0.5) is 4.39 Å². The highest BCUT2D eigenvalue weighted by molar-refractivity contribution is 5.25. The van der Waals surface area contributed by atoms with Gasteiger partial charge in [-0.2, -0.15) is 0 Å². The first-order valence-electron chi connectivity index (χ1n) is 6.00. The van der Waals surface area contributed by atoms with E-state index in [0.29, 0.717) is 30.3 Å². The zero-order valence-electron chi connectivity index (χ0n) is 10.1. The van der Waals surface area contributed by atoms with E-state index in [0.717, 1.165) is 0 Å². The third-order valence-electron chi connectivity index (χ3n) is 2.96. The minimum absolute atomic E-state index is 0.344. The van der Waals surface area contributed by atoms with Gasteiger partial charge < -0.3 is 19.0 Å². The maximum Gasteiger partial charge on any atom is 0.217 e. The lowest BCUT2D eigenvalue weighted by molar-refractivity contribution is -0.0602.